The molecule has 0 bridgehead atoms. The van der Waals surface area contributed by atoms with E-state index in [2.05, 4.69) is 26.0 Å². The third-order valence-corrected chi connectivity index (χ3v) is 9.87. The molecule has 0 aromatic heterocycles. The lowest BCUT2D eigenvalue weighted by Gasteiger charge is -2.43. The monoisotopic (exact) mass is 563 g/mol. The highest BCUT2D eigenvalue weighted by molar-refractivity contribution is 4.99. The minimum absolute atomic E-state index is 0.849. The summed E-state index contributed by atoms with van der Waals surface area (Å²) in [6.07, 6.45) is 42.0. The molecule has 0 spiro atoms. The maximum atomic E-state index is 5.22. The molecule has 0 aromatic rings. The lowest BCUT2D eigenvalue weighted by Crippen LogP contribution is -2.34. The zero-order valence-electron chi connectivity index (χ0n) is 28.1. The summed E-state index contributed by atoms with van der Waals surface area (Å²) in [5.41, 5.74) is 0. The highest BCUT2D eigenvalue weighted by atomic mass is 16.5. The van der Waals surface area contributed by atoms with Gasteiger partial charge in [-0.2, -0.15) is 0 Å². The summed E-state index contributed by atoms with van der Waals surface area (Å²) in [6, 6.07) is 0. The molecule has 0 saturated heterocycles. The second-order valence-electron chi connectivity index (χ2n) is 13.3. The molecule has 1 fully saturated rings. The molecule has 1 rings (SSSR count). The number of rotatable bonds is 29. The van der Waals surface area contributed by atoms with Crippen molar-refractivity contribution in [2.45, 2.75) is 181 Å². The molecule has 0 amide bonds. The summed E-state index contributed by atoms with van der Waals surface area (Å²) in [6.45, 7) is 6.57. The summed E-state index contributed by atoms with van der Waals surface area (Å²) < 4.78 is 10.4. The highest BCUT2D eigenvalue weighted by Crippen LogP contribution is 2.46. The first-order valence-electron chi connectivity index (χ1n) is 18.4. The Morgan fingerprint density at radius 3 is 1.52 bits per heavy atom. The lowest BCUT2D eigenvalue weighted by atomic mass is 9.62. The molecule has 238 valence electrons. The Hall–Kier alpha value is -0.340. The van der Waals surface area contributed by atoms with E-state index in [1.807, 2.05) is 14.2 Å². The van der Waals surface area contributed by atoms with E-state index in [9.17, 15) is 0 Å². The molecule has 0 aliphatic heterocycles. The molecule has 4 unspecified atom stereocenters. The molecule has 0 aromatic carbocycles. The highest BCUT2D eigenvalue weighted by Gasteiger charge is 2.36. The van der Waals surface area contributed by atoms with Gasteiger partial charge in [-0.05, 0) is 75.0 Å². The Labute approximate surface area is 253 Å². The van der Waals surface area contributed by atoms with E-state index in [1.54, 1.807) is 0 Å². The number of hydrogen-bond donors (Lipinski definition) is 0. The van der Waals surface area contributed by atoms with Gasteiger partial charge in [-0.25, -0.2) is 0 Å². The van der Waals surface area contributed by atoms with Crippen LogP contribution in [-0.4, -0.2) is 27.4 Å². The van der Waals surface area contributed by atoms with Crippen LogP contribution in [0.15, 0.2) is 12.2 Å². The Bertz CT molecular complexity index is 530. The first kappa shape index (κ1) is 37.7. The third-order valence-electron chi connectivity index (χ3n) is 9.87. The zero-order chi connectivity index (χ0) is 28.9. The van der Waals surface area contributed by atoms with Crippen molar-refractivity contribution in [3.63, 3.8) is 0 Å². The number of allylic oxidation sites excluding steroid dienone is 2. The van der Waals surface area contributed by atoms with Crippen molar-refractivity contribution in [2.24, 2.45) is 23.7 Å². The van der Waals surface area contributed by atoms with E-state index in [1.165, 1.54) is 167 Å². The van der Waals surface area contributed by atoms with Gasteiger partial charge in [-0.1, -0.05) is 142 Å². The summed E-state index contributed by atoms with van der Waals surface area (Å²) in [5.74, 6) is 3.72. The number of hydrogen-bond acceptors (Lipinski definition) is 2. The van der Waals surface area contributed by atoms with Gasteiger partial charge in [0, 0.05) is 27.4 Å². The van der Waals surface area contributed by atoms with Crippen molar-refractivity contribution in [1.29, 1.82) is 0 Å². The van der Waals surface area contributed by atoms with E-state index in [0.29, 0.717) is 0 Å². The van der Waals surface area contributed by atoms with Crippen LogP contribution in [-0.2, 0) is 9.47 Å². The summed E-state index contributed by atoms with van der Waals surface area (Å²) in [7, 11) is 3.65. The van der Waals surface area contributed by atoms with Crippen LogP contribution in [0.5, 0.6) is 0 Å². The van der Waals surface area contributed by atoms with E-state index >= 15 is 0 Å². The quantitative estimate of drug-likeness (QED) is 0.0666. The van der Waals surface area contributed by atoms with Gasteiger partial charge in [0.25, 0.3) is 0 Å². The van der Waals surface area contributed by atoms with E-state index in [4.69, 9.17) is 9.47 Å². The number of unbranched alkanes of at least 4 members (excludes halogenated alkanes) is 17. The largest absolute Gasteiger partial charge is 0.385 e. The molecule has 2 nitrogen and oxygen atoms in total. The fourth-order valence-corrected chi connectivity index (χ4v) is 7.39. The molecular weight excluding hydrogens is 488 g/mol. The van der Waals surface area contributed by atoms with E-state index in [0.717, 1.165) is 36.9 Å². The average Bonchev–Trinajstić information content (AvgIpc) is 2.97. The van der Waals surface area contributed by atoms with Crippen molar-refractivity contribution < 1.29 is 9.47 Å². The molecule has 0 radical (unpaired) electrons. The van der Waals surface area contributed by atoms with Gasteiger partial charge < -0.3 is 9.47 Å². The molecule has 1 aliphatic rings. The summed E-state index contributed by atoms with van der Waals surface area (Å²) >= 11 is 0. The Kier molecular flexibility index (Phi) is 27.1. The normalized spacial score (nSPS) is 21.5. The van der Waals surface area contributed by atoms with Crippen LogP contribution in [0, 0.1) is 23.7 Å². The van der Waals surface area contributed by atoms with Crippen LogP contribution in [0.4, 0.5) is 0 Å². The first-order valence-corrected chi connectivity index (χ1v) is 18.4. The number of methoxy groups -OCH3 is 2. The van der Waals surface area contributed by atoms with Crippen LogP contribution in [0.3, 0.4) is 0 Å². The van der Waals surface area contributed by atoms with Gasteiger partial charge in [0.15, 0.2) is 0 Å². The van der Waals surface area contributed by atoms with Gasteiger partial charge in [0.05, 0.1) is 0 Å². The second kappa shape index (κ2) is 28.8. The smallest absolute Gasteiger partial charge is 0.0462 e. The fraction of sp³-hybridized carbons (Fsp3) is 0.947. The SMILES string of the molecule is CCCCCCC1CCC(CCCCCCCCOC)C(C=CCCCCCCCCOC)C1CCCCCC. The molecule has 40 heavy (non-hydrogen) atoms. The standard InChI is InChI=1S/C38H74O2/c1-5-7-9-21-27-35-31-32-36(28-22-17-14-16-20-26-34-40-4)38(37(35)29-23-10-8-6-2)30-24-18-13-11-12-15-19-25-33-39-3/h24,30,35-38H,5-23,25-29,31-34H2,1-4H3. The van der Waals surface area contributed by atoms with Crippen LogP contribution in [0.2, 0.25) is 0 Å². The molecule has 0 N–H and O–H groups in total. The van der Waals surface area contributed by atoms with Crippen LogP contribution in [0.25, 0.3) is 0 Å². The molecule has 2 heteroatoms. The summed E-state index contributed by atoms with van der Waals surface area (Å²) in [5, 5.41) is 0. The van der Waals surface area contributed by atoms with Crippen molar-refractivity contribution >= 4 is 0 Å². The van der Waals surface area contributed by atoms with Crippen molar-refractivity contribution in [3.05, 3.63) is 12.2 Å². The molecular formula is C38H74O2. The third kappa shape index (κ3) is 19.7. The van der Waals surface area contributed by atoms with E-state index < -0.39 is 0 Å². The van der Waals surface area contributed by atoms with Crippen molar-refractivity contribution in [1.82, 2.24) is 0 Å². The predicted octanol–water partition coefficient (Wildman–Crippen LogP) is 12.5. The fourth-order valence-electron chi connectivity index (χ4n) is 7.39. The maximum Gasteiger partial charge on any atom is 0.0462 e. The second-order valence-corrected chi connectivity index (χ2v) is 13.3. The summed E-state index contributed by atoms with van der Waals surface area (Å²) in [4.78, 5) is 0. The number of ether oxygens (including phenoxy) is 2. The van der Waals surface area contributed by atoms with Crippen LogP contribution < -0.4 is 0 Å². The van der Waals surface area contributed by atoms with Crippen LogP contribution >= 0.6 is 0 Å². The predicted molar refractivity (Wildman–Crippen MR) is 178 cm³/mol. The Morgan fingerprint density at radius 1 is 0.500 bits per heavy atom. The van der Waals surface area contributed by atoms with Crippen molar-refractivity contribution in [2.75, 3.05) is 27.4 Å². The Morgan fingerprint density at radius 2 is 0.950 bits per heavy atom. The maximum absolute atomic E-state index is 5.22. The molecule has 4 atom stereocenters. The first-order chi connectivity index (χ1) is 19.8. The van der Waals surface area contributed by atoms with Gasteiger partial charge >= 0.3 is 0 Å². The molecule has 1 aliphatic carbocycles. The van der Waals surface area contributed by atoms with Gasteiger partial charge in [-0.3, -0.25) is 0 Å². The van der Waals surface area contributed by atoms with Crippen molar-refractivity contribution in [3.8, 4) is 0 Å². The minimum Gasteiger partial charge on any atom is -0.385 e. The van der Waals surface area contributed by atoms with Gasteiger partial charge in [-0.15, -0.1) is 0 Å². The Balaban J connectivity index is 2.68. The zero-order valence-corrected chi connectivity index (χ0v) is 28.1. The lowest BCUT2D eigenvalue weighted by molar-refractivity contribution is 0.0956. The average molecular weight is 563 g/mol. The molecule has 0 heterocycles. The van der Waals surface area contributed by atoms with Crippen LogP contribution in [0.1, 0.15) is 181 Å². The molecule has 1 saturated carbocycles. The van der Waals surface area contributed by atoms with Gasteiger partial charge in [0.1, 0.15) is 0 Å². The topological polar surface area (TPSA) is 18.5 Å². The minimum atomic E-state index is 0.849. The van der Waals surface area contributed by atoms with E-state index in [-0.39, 0.29) is 0 Å². The van der Waals surface area contributed by atoms with Gasteiger partial charge in [0.2, 0.25) is 0 Å².